The van der Waals surface area contributed by atoms with Crippen LogP contribution in [0.3, 0.4) is 0 Å². The van der Waals surface area contributed by atoms with E-state index < -0.39 is 9.84 Å². The van der Waals surface area contributed by atoms with Gasteiger partial charge in [0.05, 0.1) is 17.3 Å². The summed E-state index contributed by atoms with van der Waals surface area (Å²) < 4.78 is 32.3. The molecule has 0 atom stereocenters. The number of aryl methyl sites for hydroxylation is 1. The third kappa shape index (κ3) is 5.93. The molecule has 0 bridgehead atoms. The van der Waals surface area contributed by atoms with Crippen molar-refractivity contribution < 1.29 is 17.9 Å². The Hall–Kier alpha value is -3.56. The average molecular weight is 508 g/mol. The summed E-state index contributed by atoms with van der Waals surface area (Å²) in [4.78, 5) is 20.3. The van der Waals surface area contributed by atoms with E-state index in [1.165, 1.54) is 0 Å². The number of carbonyl (C=O) groups is 1. The average Bonchev–Trinajstić information content (AvgIpc) is 3.30. The maximum atomic E-state index is 13.4. The Morgan fingerprint density at radius 3 is 2.34 bits per heavy atom. The minimum atomic E-state index is -3.88. The second kappa shape index (κ2) is 10.8. The molecular weight excluding hydrogens is 482 g/mol. The zero-order valence-electron chi connectivity index (χ0n) is 19.3. The normalized spacial score (nSPS) is 11.3. The number of carbonyl (C=O) groups excluding carboxylic acids is 1. The van der Waals surface area contributed by atoms with Gasteiger partial charge in [-0.05, 0) is 50.2 Å². The Morgan fingerprint density at radius 1 is 1.00 bits per heavy atom. The van der Waals surface area contributed by atoms with Gasteiger partial charge in [-0.3, -0.25) is 4.79 Å². The lowest BCUT2D eigenvalue weighted by molar-refractivity contribution is -0.113. The molecule has 180 valence electrons. The smallest absolute Gasteiger partial charge is 0.234 e. The monoisotopic (exact) mass is 507 g/mol. The minimum absolute atomic E-state index is 0.0112. The van der Waals surface area contributed by atoms with Gasteiger partial charge < -0.3 is 15.0 Å². The van der Waals surface area contributed by atoms with Gasteiger partial charge in [0.1, 0.15) is 16.6 Å². The van der Waals surface area contributed by atoms with Gasteiger partial charge in [-0.25, -0.2) is 13.4 Å². The summed E-state index contributed by atoms with van der Waals surface area (Å²) in [5, 5.41) is 3.03. The van der Waals surface area contributed by atoms with Crippen molar-refractivity contribution in [3.05, 3.63) is 84.4 Å². The quantitative estimate of drug-likeness (QED) is 0.296. The van der Waals surface area contributed by atoms with Crippen molar-refractivity contribution in [2.75, 3.05) is 17.7 Å². The number of nitrogens with zero attached hydrogens (tertiary/aromatic N) is 1. The van der Waals surface area contributed by atoms with Crippen molar-refractivity contribution in [2.45, 2.75) is 28.8 Å². The molecule has 0 aliphatic heterocycles. The van der Waals surface area contributed by atoms with Crippen LogP contribution in [0.15, 0.2) is 93.8 Å². The first-order valence-corrected chi connectivity index (χ1v) is 13.5. The summed E-state index contributed by atoms with van der Waals surface area (Å²) in [5.41, 5.74) is 2.33. The maximum Gasteiger partial charge on any atom is 0.234 e. The zero-order valence-corrected chi connectivity index (χ0v) is 20.9. The predicted molar refractivity (Wildman–Crippen MR) is 138 cm³/mol. The summed E-state index contributed by atoms with van der Waals surface area (Å²) in [6, 6.07) is 23.0. The van der Waals surface area contributed by atoms with E-state index in [2.05, 4.69) is 15.3 Å². The fourth-order valence-corrected chi connectivity index (χ4v) is 5.74. The first-order valence-electron chi connectivity index (χ1n) is 11.0. The Labute approximate surface area is 208 Å². The van der Waals surface area contributed by atoms with E-state index in [9.17, 15) is 13.2 Å². The van der Waals surface area contributed by atoms with E-state index >= 15 is 0 Å². The highest BCUT2D eigenvalue weighted by atomic mass is 32.2. The van der Waals surface area contributed by atoms with Crippen molar-refractivity contribution in [3.63, 3.8) is 0 Å². The second-order valence-electron chi connectivity index (χ2n) is 7.70. The number of ether oxygens (including phenoxy) is 1. The van der Waals surface area contributed by atoms with Crippen LogP contribution in [0.4, 0.5) is 5.69 Å². The van der Waals surface area contributed by atoms with Crippen LogP contribution in [0.1, 0.15) is 12.5 Å². The lowest BCUT2D eigenvalue weighted by Crippen LogP contribution is -2.14. The first kappa shape index (κ1) is 24.6. The lowest BCUT2D eigenvalue weighted by atomic mass is 10.2. The van der Waals surface area contributed by atoms with Crippen LogP contribution in [-0.4, -0.2) is 36.7 Å². The van der Waals surface area contributed by atoms with Crippen LogP contribution >= 0.6 is 11.8 Å². The van der Waals surface area contributed by atoms with Gasteiger partial charge >= 0.3 is 0 Å². The molecular formula is C26H25N3O4S2. The summed E-state index contributed by atoms with van der Waals surface area (Å²) >= 11 is 1.07. The van der Waals surface area contributed by atoms with Crippen LogP contribution < -0.4 is 10.1 Å². The third-order valence-electron chi connectivity index (χ3n) is 5.08. The van der Waals surface area contributed by atoms with Crippen molar-refractivity contribution in [3.8, 4) is 17.1 Å². The molecule has 0 saturated heterocycles. The summed E-state index contributed by atoms with van der Waals surface area (Å²) in [7, 11) is -3.88. The van der Waals surface area contributed by atoms with E-state index in [1.54, 1.807) is 48.5 Å². The number of H-pyrrole nitrogens is 1. The number of hydrogen-bond acceptors (Lipinski definition) is 6. The van der Waals surface area contributed by atoms with Crippen LogP contribution in [0, 0.1) is 6.92 Å². The number of imidazole rings is 1. The van der Waals surface area contributed by atoms with Crippen molar-refractivity contribution in [2.24, 2.45) is 0 Å². The third-order valence-corrected chi connectivity index (χ3v) is 7.91. The van der Waals surface area contributed by atoms with Crippen LogP contribution in [0.2, 0.25) is 0 Å². The fraction of sp³-hybridized carbons (Fsp3) is 0.154. The van der Waals surface area contributed by atoms with Crippen molar-refractivity contribution in [1.82, 2.24) is 9.97 Å². The van der Waals surface area contributed by atoms with E-state index in [-0.39, 0.29) is 26.6 Å². The number of sulfone groups is 1. The number of benzene rings is 3. The number of nitrogens with one attached hydrogen (secondary N) is 2. The zero-order chi connectivity index (χ0) is 24.8. The number of aromatic amines is 1. The summed E-state index contributed by atoms with van der Waals surface area (Å²) in [6.07, 6.45) is 0. The molecule has 0 unspecified atom stereocenters. The molecule has 4 rings (SSSR count). The molecule has 0 radical (unpaired) electrons. The molecule has 2 N–H and O–H groups in total. The van der Waals surface area contributed by atoms with Gasteiger partial charge in [0.25, 0.3) is 0 Å². The highest BCUT2D eigenvalue weighted by molar-refractivity contribution is 8.00. The molecule has 0 saturated carbocycles. The summed E-state index contributed by atoms with van der Waals surface area (Å²) in [5.74, 6) is 0.853. The minimum Gasteiger partial charge on any atom is -0.494 e. The SMILES string of the molecule is CCOc1ccc(NC(=O)CSc2nc(-c3ccccc3)[nH]c2S(=O)(=O)c2ccc(C)cc2)cc1. The number of hydrogen-bond donors (Lipinski definition) is 2. The van der Waals surface area contributed by atoms with Gasteiger partial charge in [0.15, 0.2) is 5.03 Å². The predicted octanol–water partition coefficient (Wildman–Crippen LogP) is 5.35. The van der Waals surface area contributed by atoms with E-state index in [0.717, 1.165) is 28.6 Å². The number of thioether (sulfide) groups is 1. The van der Waals surface area contributed by atoms with Gasteiger partial charge in [0.2, 0.25) is 15.7 Å². The van der Waals surface area contributed by atoms with Crippen LogP contribution in [0.5, 0.6) is 5.75 Å². The molecule has 4 aromatic rings. The fourth-order valence-electron chi connectivity index (χ4n) is 3.32. The molecule has 3 aromatic carbocycles. The Morgan fingerprint density at radius 2 is 1.69 bits per heavy atom. The van der Waals surface area contributed by atoms with E-state index in [1.807, 2.05) is 44.2 Å². The highest BCUT2D eigenvalue weighted by Crippen LogP contribution is 2.32. The molecule has 35 heavy (non-hydrogen) atoms. The standard InChI is InChI=1S/C26H25N3O4S2/c1-3-33-21-13-11-20(12-14-21)27-23(30)17-34-25-26(29-24(28-25)19-7-5-4-6-8-19)35(31,32)22-15-9-18(2)10-16-22/h4-16H,3,17H2,1-2H3,(H,27,30)(H,28,29). The van der Waals surface area contributed by atoms with Gasteiger partial charge in [-0.1, -0.05) is 59.8 Å². The topological polar surface area (TPSA) is 101 Å². The number of aromatic nitrogens is 2. The van der Waals surface area contributed by atoms with Crippen molar-refractivity contribution in [1.29, 1.82) is 0 Å². The second-order valence-corrected chi connectivity index (χ2v) is 10.5. The Bertz CT molecular complexity index is 1400. The molecule has 0 spiro atoms. The van der Waals surface area contributed by atoms with Crippen LogP contribution in [-0.2, 0) is 14.6 Å². The van der Waals surface area contributed by atoms with Gasteiger partial charge in [0, 0.05) is 11.3 Å². The largest absolute Gasteiger partial charge is 0.494 e. The molecule has 1 heterocycles. The lowest BCUT2D eigenvalue weighted by Gasteiger charge is -2.07. The number of amides is 1. The molecule has 1 aromatic heterocycles. The Balaban J connectivity index is 1.57. The first-order chi connectivity index (χ1) is 16.9. The van der Waals surface area contributed by atoms with Gasteiger partial charge in [-0.15, -0.1) is 0 Å². The van der Waals surface area contributed by atoms with E-state index in [0.29, 0.717) is 18.1 Å². The maximum absolute atomic E-state index is 13.4. The molecule has 1 amide bonds. The van der Waals surface area contributed by atoms with Gasteiger partial charge in [-0.2, -0.15) is 0 Å². The number of anilines is 1. The Kier molecular flexibility index (Phi) is 7.57. The molecule has 7 nitrogen and oxygen atoms in total. The molecule has 9 heteroatoms. The molecule has 0 aliphatic carbocycles. The van der Waals surface area contributed by atoms with E-state index in [4.69, 9.17) is 4.74 Å². The number of rotatable bonds is 9. The highest BCUT2D eigenvalue weighted by Gasteiger charge is 2.27. The molecule has 0 aliphatic rings. The van der Waals surface area contributed by atoms with Crippen LogP contribution in [0.25, 0.3) is 11.4 Å². The molecule has 0 fully saturated rings. The summed E-state index contributed by atoms with van der Waals surface area (Å²) in [6.45, 7) is 4.35. The van der Waals surface area contributed by atoms with Crippen molar-refractivity contribution >= 4 is 33.2 Å².